The molecule has 0 unspecified atom stereocenters. The van der Waals surface area contributed by atoms with E-state index in [9.17, 15) is 4.79 Å². The molecular formula is C25H25N3O2. The molecule has 5 nitrogen and oxygen atoms in total. The number of unbranched alkanes of at least 4 members (excludes halogenated alkanes) is 2. The van der Waals surface area contributed by atoms with Crippen molar-refractivity contribution >= 4 is 17.2 Å². The Morgan fingerprint density at radius 1 is 1.00 bits per heavy atom. The lowest BCUT2D eigenvalue weighted by molar-refractivity contribution is 0.112. The van der Waals surface area contributed by atoms with Crippen LogP contribution in [0.15, 0.2) is 65.2 Å². The van der Waals surface area contributed by atoms with E-state index in [-0.39, 0.29) is 0 Å². The Morgan fingerprint density at radius 3 is 2.67 bits per heavy atom. The van der Waals surface area contributed by atoms with Crippen molar-refractivity contribution in [1.82, 2.24) is 15.2 Å². The van der Waals surface area contributed by atoms with Crippen LogP contribution in [0.4, 0.5) is 0 Å². The highest BCUT2D eigenvalue weighted by atomic mass is 16.4. The molecule has 0 fully saturated rings. The van der Waals surface area contributed by atoms with E-state index in [1.54, 1.807) is 12.3 Å². The fraction of sp³-hybridized carbons (Fsp3) is 0.280. The first kappa shape index (κ1) is 20.0. The highest BCUT2D eigenvalue weighted by Gasteiger charge is 2.18. The zero-order valence-electron chi connectivity index (χ0n) is 17.1. The second-order valence-electron chi connectivity index (χ2n) is 7.53. The second-order valence-corrected chi connectivity index (χ2v) is 7.53. The molecule has 1 atom stereocenters. The van der Waals surface area contributed by atoms with Gasteiger partial charge in [0.05, 0.1) is 5.52 Å². The SMILES string of the molecule is CCCCC[C@@H](Cc1nnc(-c2ccc(C=O)c3ncccc23)o1)c1ccccc1. The summed E-state index contributed by atoms with van der Waals surface area (Å²) in [7, 11) is 0. The zero-order chi connectivity index (χ0) is 20.8. The number of benzene rings is 2. The van der Waals surface area contributed by atoms with Crippen LogP contribution in [0.1, 0.15) is 60.3 Å². The van der Waals surface area contributed by atoms with Gasteiger partial charge in [-0.05, 0) is 36.1 Å². The van der Waals surface area contributed by atoms with Gasteiger partial charge in [-0.15, -0.1) is 10.2 Å². The molecule has 152 valence electrons. The number of aldehydes is 1. The van der Waals surface area contributed by atoms with Crippen LogP contribution in [0.2, 0.25) is 0 Å². The number of pyridine rings is 1. The first-order chi connectivity index (χ1) is 14.8. The Bertz CT molecular complexity index is 1120. The van der Waals surface area contributed by atoms with E-state index in [0.29, 0.717) is 35.2 Å². The van der Waals surface area contributed by atoms with Crippen molar-refractivity contribution in [2.24, 2.45) is 0 Å². The predicted octanol–water partition coefficient (Wildman–Crippen LogP) is 6.00. The lowest BCUT2D eigenvalue weighted by Gasteiger charge is -2.15. The Balaban J connectivity index is 1.62. The van der Waals surface area contributed by atoms with Crippen LogP contribution in [0, 0.1) is 0 Å². The van der Waals surface area contributed by atoms with E-state index in [0.717, 1.165) is 23.7 Å². The summed E-state index contributed by atoms with van der Waals surface area (Å²) in [6, 6.07) is 17.9. The predicted molar refractivity (Wildman–Crippen MR) is 117 cm³/mol. The van der Waals surface area contributed by atoms with Gasteiger partial charge in [-0.25, -0.2) is 0 Å². The summed E-state index contributed by atoms with van der Waals surface area (Å²) in [5.41, 5.74) is 3.30. The lowest BCUT2D eigenvalue weighted by Crippen LogP contribution is -2.03. The van der Waals surface area contributed by atoms with E-state index in [4.69, 9.17) is 4.42 Å². The molecule has 30 heavy (non-hydrogen) atoms. The molecule has 2 aromatic heterocycles. The van der Waals surface area contributed by atoms with Gasteiger partial charge in [0.25, 0.3) is 0 Å². The number of nitrogens with zero attached hydrogens (tertiary/aromatic N) is 3. The van der Waals surface area contributed by atoms with E-state index in [1.807, 2.05) is 24.3 Å². The summed E-state index contributed by atoms with van der Waals surface area (Å²) in [4.78, 5) is 15.7. The summed E-state index contributed by atoms with van der Waals surface area (Å²) in [5.74, 6) is 1.44. The topological polar surface area (TPSA) is 68.9 Å². The van der Waals surface area contributed by atoms with Gasteiger partial charge >= 0.3 is 0 Å². The van der Waals surface area contributed by atoms with Crippen LogP contribution in [0.3, 0.4) is 0 Å². The molecule has 0 bridgehead atoms. The molecular weight excluding hydrogens is 374 g/mol. The van der Waals surface area contributed by atoms with Crippen LogP contribution in [0.5, 0.6) is 0 Å². The Hall–Kier alpha value is -3.34. The molecule has 0 aliphatic rings. The molecule has 0 saturated heterocycles. The highest BCUT2D eigenvalue weighted by Crippen LogP contribution is 2.31. The van der Waals surface area contributed by atoms with Gasteiger partial charge in [0, 0.05) is 29.1 Å². The Labute approximate surface area is 176 Å². The maximum atomic E-state index is 11.3. The molecule has 0 N–H and O–H groups in total. The van der Waals surface area contributed by atoms with E-state index < -0.39 is 0 Å². The molecule has 0 spiro atoms. The minimum absolute atomic E-state index is 0.349. The minimum Gasteiger partial charge on any atom is -0.421 e. The van der Waals surface area contributed by atoms with Crippen molar-refractivity contribution in [3.05, 3.63) is 77.8 Å². The quantitative estimate of drug-likeness (QED) is 0.255. The molecule has 4 aromatic rings. The van der Waals surface area contributed by atoms with Crippen LogP contribution in [-0.2, 0) is 6.42 Å². The number of rotatable bonds is 9. The number of fused-ring (bicyclic) bond motifs is 1. The largest absolute Gasteiger partial charge is 0.421 e. The van der Waals surface area contributed by atoms with E-state index >= 15 is 0 Å². The van der Waals surface area contributed by atoms with Crippen molar-refractivity contribution in [3.63, 3.8) is 0 Å². The third-order valence-electron chi connectivity index (χ3n) is 5.47. The Kier molecular flexibility index (Phi) is 6.28. The molecule has 5 heteroatoms. The molecule has 0 radical (unpaired) electrons. The molecule has 0 amide bonds. The lowest BCUT2D eigenvalue weighted by atomic mass is 9.90. The number of aromatic nitrogens is 3. The third kappa shape index (κ3) is 4.30. The van der Waals surface area contributed by atoms with Gasteiger partial charge in [-0.2, -0.15) is 0 Å². The second kappa shape index (κ2) is 9.44. The minimum atomic E-state index is 0.349. The van der Waals surface area contributed by atoms with Crippen LogP contribution in [0.25, 0.3) is 22.4 Å². The van der Waals surface area contributed by atoms with Gasteiger partial charge in [-0.3, -0.25) is 9.78 Å². The fourth-order valence-corrected chi connectivity index (χ4v) is 3.88. The van der Waals surface area contributed by atoms with Gasteiger partial charge in [-0.1, -0.05) is 62.6 Å². The first-order valence-corrected chi connectivity index (χ1v) is 10.5. The monoisotopic (exact) mass is 399 g/mol. The normalized spacial score (nSPS) is 12.2. The summed E-state index contributed by atoms with van der Waals surface area (Å²) < 4.78 is 6.07. The number of carbonyl (C=O) groups is 1. The molecule has 2 heterocycles. The van der Waals surface area contributed by atoms with Gasteiger partial charge in [0.15, 0.2) is 6.29 Å². The zero-order valence-corrected chi connectivity index (χ0v) is 17.1. The standard InChI is InChI=1S/C25H25N3O2/c1-2-3-5-11-19(18-9-6-4-7-10-18)16-23-27-28-25(30-23)22-14-13-20(17-29)24-21(22)12-8-15-26-24/h4,6-10,12-15,17,19H,2-3,5,11,16H2,1H3/t19-/m0/s1. The van der Waals surface area contributed by atoms with Crippen molar-refractivity contribution in [2.45, 2.75) is 44.9 Å². The van der Waals surface area contributed by atoms with Crippen molar-refractivity contribution in [1.29, 1.82) is 0 Å². The first-order valence-electron chi connectivity index (χ1n) is 10.5. The maximum absolute atomic E-state index is 11.3. The molecule has 0 saturated carbocycles. The van der Waals surface area contributed by atoms with Crippen LogP contribution < -0.4 is 0 Å². The van der Waals surface area contributed by atoms with Crippen molar-refractivity contribution < 1.29 is 9.21 Å². The Morgan fingerprint density at radius 2 is 1.87 bits per heavy atom. The number of carbonyl (C=O) groups excluding carboxylic acids is 1. The highest BCUT2D eigenvalue weighted by molar-refractivity contribution is 6.01. The average Bonchev–Trinajstić information content (AvgIpc) is 3.26. The average molecular weight is 399 g/mol. The summed E-state index contributed by atoms with van der Waals surface area (Å²) >= 11 is 0. The van der Waals surface area contributed by atoms with Gasteiger partial charge < -0.3 is 4.42 Å². The number of hydrogen-bond donors (Lipinski definition) is 0. The smallest absolute Gasteiger partial charge is 0.248 e. The van der Waals surface area contributed by atoms with Crippen LogP contribution >= 0.6 is 0 Å². The molecule has 0 aliphatic carbocycles. The summed E-state index contributed by atoms with van der Waals surface area (Å²) in [5, 5.41) is 9.46. The van der Waals surface area contributed by atoms with Gasteiger partial charge in [0.2, 0.25) is 11.8 Å². The summed E-state index contributed by atoms with van der Waals surface area (Å²) in [6.07, 6.45) is 7.91. The van der Waals surface area contributed by atoms with E-state index in [1.165, 1.54) is 24.8 Å². The van der Waals surface area contributed by atoms with Crippen molar-refractivity contribution in [2.75, 3.05) is 0 Å². The summed E-state index contributed by atoms with van der Waals surface area (Å²) in [6.45, 7) is 2.22. The molecule has 4 rings (SSSR count). The maximum Gasteiger partial charge on any atom is 0.248 e. The molecule has 2 aromatic carbocycles. The van der Waals surface area contributed by atoms with E-state index in [2.05, 4.69) is 46.4 Å². The number of hydrogen-bond acceptors (Lipinski definition) is 5. The fourth-order valence-electron chi connectivity index (χ4n) is 3.88. The van der Waals surface area contributed by atoms with Crippen molar-refractivity contribution in [3.8, 4) is 11.5 Å². The van der Waals surface area contributed by atoms with Gasteiger partial charge in [0.1, 0.15) is 0 Å². The van der Waals surface area contributed by atoms with Crippen LogP contribution in [-0.4, -0.2) is 21.5 Å². The third-order valence-corrected chi connectivity index (χ3v) is 5.47. The molecule has 0 aliphatic heterocycles.